The number of rotatable bonds is 2. The fraction of sp³-hybridized carbons (Fsp3) is 0.381. The second-order valence-corrected chi connectivity index (χ2v) is 7.41. The Morgan fingerprint density at radius 1 is 1.08 bits per heavy atom. The molecule has 3 heterocycles. The molecule has 2 saturated heterocycles. The summed E-state index contributed by atoms with van der Waals surface area (Å²) in [6, 6.07) is 12.1. The van der Waals surface area contributed by atoms with Gasteiger partial charge in [0.1, 0.15) is 0 Å². The van der Waals surface area contributed by atoms with Gasteiger partial charge in [-0.15, -0.1) is 0 Å². The SMILES string of the molecule is CC(=O)N1C[C@H]2CN(C(=O)c3cncc(C)c3)C[C@H]2[C@@H]1c1ccccc1. The van der Waals surface area contributed by atoms with Gasteiger partial charge in [-0.1, -0.05) is 30.3 Å². The normalized spacial score (nSPS) is 24.6. The summed E-state index contributed by atoms with van der Waals surface area (Å²) < 4.78 is 0. The predicted molar refractivity (Wildman–Crippen MR) is 98.4 cm³/mol. The summed E-state index contributed by atoms with van der Waals surface area (Å²) in [7, 11) is 0. The molecule has 0 bridgehead atoms. The molecule has 5 heteroatoms. The molecular formula is C21H23N3O2. The summed E-state index contributed by atoms with van der Waals surface area (Å²) in [6.07, 6.45) is 3.39. The highest BCUT2D eigenvalue weighted by Crippen LogP contribution is 2.45. The lowest BCUT2D eigenvalue weighted by molar-refractivity contribution is -0.130. The molecule has 2 aromatic rings. The van der Waals surface area contributed by atoms with Crippen molar-refractivity contribution in [1.29, 1.82) is 0 Å². The average molecular weight is 349 g/mol. The van der Waals surface area contributed by atoms with Gasteiger partial charge in [0, 0.05) is 50.8 Å². The van der Waals surface area contributed by atoms with Crippen LogP contribution in [-0.4, -0.2) is 46.2 Å². The molecule has 2 amide bonds. The van der Waals surface area contributed by atoms with Crippen molar-refractivity contribution in [2.24, 2.45) is 11.8 Å². The monoisotopic (exact) mass is 349 g/mol. The van der Waals surface area contributed by atoms with Gasteiger partial charge < -0.3 is 9.80 Å². The maximum atomic E-state index is 12.9. The minimum absolute atomic E-state index is 0.0387. The van der Waals surface area contributed by atoms with E-state index in [0.29, 0.717) is 24.6 Å². The van der Waals surface area contributed by atoms with Crippen LogP contribution in [0.15, 0.2) is 48.8 Å². The van der Waals surface area contributed by atoms with Crippen LogP contribution in [0.2, 0.25) is 0 Å². The highest BCUT2D eigenvalue weighted by Gasteiger charge is 2.49. The molecule has 0 N–H and O–H groups in total. The van der Waals surface area contributed by atoms with Crippen LogP contribution in [0.25, 0.3) is 0 Å². The summed E-state index contributed by atoms with van der Waals surface area (Å²) in [5.74, 6) is 0.750. The highest BCUT2D eigenvalue weighted by molar-refractivity contribution is 5.94. The van der Waals surface area contributed by atoms with Crippen LogP contribution in [-0.2, 0) is 4.79 Å². The van der Waals surface area contributed by atoms with Gasteiger partial charge in [-0.25, -0.2) is 0 Å². The van der Waals surface area contributed by atoms with E-state index in [2.05, 4.69) is 17.1 Å². The Hall–Kier alpha value is -2.69. The van der Waals surface area contributed by atoms with Gasteiger partial charge in [0.15, 0.2) is 0 Å². The summed E-state index contributed by atoms with van der Waals surface area (Å²) in [6.45, 7) is 5.68. The number of nitrogens with zero attached hydrogens (tertiary/aromatic N) is 3. The number of hydrogen-bond acceptors (Lipinski definition) is 3. The van der Waals surface area contributed by atoms with Crippen LogP contribution in [0, 0.1) is 18.8 Å². The Morgan fingerprint density at radius 3 is 2.54 bits per heavy atom. The number of pyridine rings is 1. The zero-order valence-electron chi connectivity index (χ0n) is 15.1. The number of benzene rings is 1. The van der Waals surface area contributed by atoms with Crippen molar-refractivity contribution in [3.05, 3.63) is 65.5 Å². The Bertz CT molecular complexity index is 836. The van der Waals surface area contributed by atoms with Crippen molar-refractivity contribution < 1.29 is 9.59 Å². The number of carbonyl (C=O) groups excluding carboxylic acids is 2. The molecule has 1 aromatic carbocycles. The van der Waals surface area contributed by atoms with Crippen molar-refractivity contribution >= 4 is 11.8 Å². The molecule has 134 valence electrons. The molecule has 0 unspecified atom stereocenters. The largest absolute Gasteiger partial charge is 0.338 e. The third-order valence-electron chi connectivity index (χ3n) is 5.62. The average Bonchev–Trinajstić information content (AvgIpc) is 3.19. The van der Waals surface area contributed by atoms with Gasteiger partial charge in [0.25, 0.3) is 5.91 Å². The van der Waals surface area contributed by atoms with E-state index in [-0.39, 0.29) is 23.8 Å². The highest BCUT2D eigenvalue weighted by atomic mass is 16.2. The van der Waals surface area contributed by atoms with Crippen LogP contribution in [0.1, 0.15) is 34.5 Å². The van der Waals surface area contributed by atoms with E-state index in [1.54, 1.807) is 19.3 Å². The van der Waals surface area contributed by atoms with E-state index in [0.717, 1.165) is 17.7 Å². The summed E-state index contributed by atoms with van der Waals surface area (Å²) in [5, 5.41) is 0. The Balaban J connectivity index is 1.59. The molecule has 26 heavy (non-hydrogen) atoms. The molecule has 0 saturated carbocycles. The van der Waals surface area contributed by atoms with Crippen molar-refractivity contribution in [2.75, 3.05) is 19.6 Å². The Labute approximate surface area is 153 Å². The van der Waals surface area contributed by atoms with Gasteiger partial charge in [-0.3, -0.25) is 14.6 Å². The topological polar surface area (TPSA) is 53.5 Å². The lowest BCUT2D eigenvalue weighted by Gasteiger charge is -2.29. The van der Waals surface area contributed by atoms with Crippen LogP contribution in [0.4, 0.5) is 0 Å². The van der Waals surface area contributed by atoms with E-state index < -0.39 is 0 Å². The van der Waals surface area contributed by atoms with E-state index in [4.69, 9.17) is 0 Å². The number of carbonyl (C=O) groups is 2. The maximum absolute atomic E-state index is 12.9. The van der Waals surface area contributed by atoms with Gasteiger partial charge >= 0.3 is 0 Å². The van der Waals surface area contributed by atoms with Crippen LogP contribution in [0.3, 0.4) is 0 Å². The van der Waals surface area contributed by atoms with Crippen molar-refractivity contribution in [3.63, 3.8) is 0 Å². The second kappa shape index (κ2) is 6.56. The van der Waals surface area contributed by atoms with Crippen LogP contribution in [0.5, 0.6) is 0 Å². The zero-order valence-corrected chi connectivity index (χ0v) is 15.1. The van der Waals surface area contributed by atoms with Gasteiger partial charge in [0.2, 0.25) is 5.91 Å². The predicted octanol–water partition coefficient (Wildman–Crippen LogP) is 2.68. The summed E-state index contributed by atoms with van der Waals surface area (Å²) >= 11 is 0. The smallest absolute Gasteiger partial charge is 0.255 e. The molecule has 0 spiro atoms. The van der Waals surface area contributed by atoms with E-state index >= 15 is 0 Å². The minimum atomic E-state index is 0.0387. The number of amides is 2. The van der Waals surface area contributed by atoms with Crippen LogP contribution < -0.4 is 0 Å². The van der Waals surface area contributed by atoms with E-state index in [1.807, 2.05) is 41.0 Å². The van der Waals surface area contributed by atoms with Crippen molar-refractivity contribution in [2.45, 2.75) is 19.9 Å². The molecule has 2 aliphatic heterocycles. The summed E-state index contributed by atoms with van der Waals surface area (Å²) in [4.78, 5) is 33.1. The lowest BCUT2D eigenvalue weighted by Crippen LogP contribution is -2.36. The molecular weight excluding hydrogens is 326 g/mol. The molecule has 3 atom stereocenters. The van der Waals surface area contributed by atoms with E-state index in [9.17, 15) is 9.59 Å². The van der Waals surface area contributed by atoms with Gasteiger partial charge in [-0.05, 0) is 24.1 Å². The standard InChI is InChI=1S/C21H23N3O2/c1-14-8-17(10-22-9-14)21(26)23-11-18-12-24(15(2)25)20(19(18)13-23)16-6-4-3-5-7-16/h3-10,18-20H,11-13H2,1-2H3/t18-,19-,20+/m1/s1. The van der Waals surface area contributed by atoms with Gasteiger partial charge in [-0.2, -0.15) is 0 Å². The van der Waals surface area contributed by atoms with Crippen LogP contribution >= 0.6 is 0 Å². The Kier molecular flexibility index (Phi) is 4.23. The first-order valence-electron chi connectivity index (χ1n) is 9.07. The number of aromatic nitrogens is 1. The Morgan fingerprint density at radius 2 is 1.85 bits per heavy atom. The van der Waals surface area contributed by atoms with E-state index in [1.165, 1.54) is 0 Å². The molecule has 0 aliphatic carbocycles. The molecule has 5 nitrogen and oxygen atoms in total. The lowest BCUT2D eigenvalue weighted by atomic mass is 9.89. The molecule has 1 aromatic heterocycles. The minimum Gasteiger partial charge on any atom is -0.338 e. The third kappa shape index (κ3) is 2.87. The fourth-order valence-corrected chi connectivity index (χ4v) is 4.47. The second-order valence-electron chi connectivity index (χ2n) is 7.41. The first-order chi connectivity index (χ1) is 12.5. The quantitative estimate of drug-likeness (QED) is 0.838. The fourth-order valence-electron chi connectivity index (χ4n) is 4.47. The molecule has 2 aliphatic rings. The number of fused-ring (bicyclic) bond motifs is 1. The van der Waals surface area contributed by atoms with Crippen molar-refractivity contribution in [3.8, 4) is 0 Å². The summed E-state index contributed by atoms with van der Waals surface area (Å²) in [5.41, 5.74) is 2.78. The maximum Gasteiger partial charge on any atom is 0.255 e. The van der Waals surface area contributed by atoms with Crippen molar-refractivity contribution in [1.82, 2.24) is 14.8 Å². The number of hydrogen-bond donors (Lipinski definition) is 0. The molecule has 0 radical (unpaired) electrons. The number of likely N-dealkylation sites (tertiary alicyclic amines) is 2. The first kappa shape index (κ1) is 16.8. The number of aryl methyl sites for hydroxylation is 1. The van der Waals surface area contributed by atoms with Gasteiger partial charge in [0.05, 0.1) is 11.6 Å². The molecule has 4 rings (SSSR count). The first-order valence-corrected chi connectivity index (χ1v) is 9.07. The zero-order chi connectivity index (χ0) is 18.3. The third-order valence-corrected chi connectivity index (χ3v) is 5.62. The molecule has 2 fully saturated rings.